The Labute approximate surface area is 74.8 Å². The molecule has 3 nitrogen and oxygen atoms in total. The molecule has 1 heterocycles. The van der Waals surface area contributed by atoms with E-state index in [0.29, 0.717) is 0 Å². The van der Waals surface area contributed by atoms with E-state index in [1.807, 2.05) is 0 Å². The maximum atomic E-state index is 9.00. The number of β-amino-alcohol motifs (C(OH)–C–C–N with tert-alkyl or cyclic N) is 1. The summed E-state index contributed by atoms with van der Waals surface area (Å²) in [5, 5.41) is 12.4. The van der Waals surface area contributed by atoms with Crippen LogP contribution in [0.4, 0.5) is 0 Å². The van der Waals surface area contributed by atoms with E-state index >= 15 is 0 Å². The second-order valence-electron chi connectivity index (χ2n) is 3.82. The van der Waals surface area contributed by atoms with Crippen LogP contribution in [-0.2, 0) is 0 Å². The zero-order chi connectivity index (χ0) is 8.97. The molecule has 0 saturated carbocycles. The quantitative estimate of drug-likeness (QED) is 0.624. The molecule has 1 unspecified atom stereocenters. The number of aliphatic hydroxyl groups is 1. The number of aliphatic hydroxyl groups excluding tert-OH is 1. The van der Waals surface area contributed by atoms with E-state index in [1.165, 1.54) is 6.42 Å². The number of nitrogens with one attached hydrogen (secondary N) is 1. The first-order valence-corrected chi connectivity index (χ1v) is 4.83. The van der Waals surface area contributed by atoms with Crippen LogP contribution in [-0.4, -0.2) is 42.4 Å². The van der Waals surface area contributed by atoms with Crippen molar-refractivity contribution in [3.63, 3.8) is 0 Å². The molecule has 3 heteroatoms. The monoisotopic (exact) mass is 172 g/mol. The minimum atomic E-state index is -0.0737. The molecule has 0 radical (unpaired) electrons. The first kappa shape index (κ1) is 9.96. The summed E-state index contributed by atoms with van der Waals surface area (Å²) in [6, 6.07) is 0. The molecule has 0 aromatic heterocycles. The van der Waals surface area contributed by atoms with Crippen LogP contribution in [0.5, 0.6) is 0 Å². The Kier molecular flexibility index (Phi) is 3.98. The SMILES string of the molecule is CCC(C)CNCN1CC(O)C1. The molecule has 0 aromatic rings. The Hall–Kier alpha value is -0.120. The summed E-state index contributed by atoms with van der Waals surface area (Å²) in [6.07, 6.45) is 1.16. The fourth-order valence-corrected chi connectivity index (χ4v) is 1.29. The fourth-order valence-electron chi connectivity index (χ4n) is 1.29. The van der Waals surface area contributed by atoms with Crippen molar-refractivity contribution in [3.8, 4) is 0 Å². The van der Waals surface area contributed by atoms with Crippen LogP contribution in [0.3, 0.4) is 0 Å². The van der Waals surface area contributed by atoms with Crippen molar-refractivity contribution in [1.29, 1.82) is 0 Å². The molecule has 0 bridgehead atoms. The molecule has 0 aromatic carbocycles. The first-order chi connectivity index (χ1) is 5.72. The number of likely N-dealkylation sites (tertiary alicyclic amines) is 1. The highest BCUT2D eigenvalue weighted by Crippen LogP contribution is 2.05. The molecule has 72 valence electrons. The summed E-state index contributed by atoms with van der Waals surface area (Å²) in [7, 11) is 0. The molecule has 1 fully saturated rings. The molecule has 0 amide bonds. The van der Waals surface area contributed by atoms with Gasteiger partial charge in [-0.05, 0) is 12.5 Å². The highest BCUT2D eigenvalue weighted by atomic mass is 16.3. The average molecular weight is 172 g/mol. The second-order valence-corrected chi connectivity index (χ2v) is 3.82. The van der Waals surface area contributed by atoms with Crippen molar-refractivity contribution in [1.82, 2.24) is 10.2 Å². The van der Waals surface area contributed by atoms with Crippen molar-refractivity contribution >= 4 is 0 Å². The molecule has 1 aliphatic rings. The molecule has 2 N–H and O–H groups in total. The van der Waals surface area contributed by atoms with Crippen LogP contribution in [0.15, 0.2) is 0 Å². The van der Waals surface area contributed by atoms with Gasteiger partial charge in [-0.2, -0.15) is 0 Å². The van der Waals surface area contributed by atoms with E-state index in [9.17, 15) is 0 Å². The maximum Gasteiger partial charge on any atom is 0.0794 e. The average Bonchev–Trinajstić information content (AvgIpc) is 2.01. The maximum absolute atomic E-state index is 9.00. The van der Waals surface area contributed by atoms with Crippen molar-refractivity contribution in [2.45, 2.75) is 26.4 Å². The van der Waals surface area contributed by atoms with Gasteiger partial charge in [0.15, 0.2) is 0 Å². The van der Waals surface area contributed by atoms with Gasteiger partial charge in [0.25, 0.3) is 0 Å². The molecule has 12 heavy (non-hydrogen) atoms. The van der Waals surface area contributed by atoms with Crippen molar-refractivity contribution in [2.24, 2.45) is 5.92 Å². The van der Waals surface area contributed by atoms with Gasteiger partial charge in [0.2, 0.25) is 0 Å². The molecular weight excluding hydrogens is 152 g/mol. The largest absolute Gasteiger partial charge is 0.390 e. The first-order valence-electron chi connectivity index (χ1n) is 4.83. The lowest BCUT2D eigenvalue weighted by Gasteiger charge is -2.36. The number of hydrogen-bond donors (Lipinski definition) is 2. The number of hydrogen-bond acceptors (Lipinski definition) is 3. The molecular formula is C9H20N2O. The minimum Gasteiger partial charge on any atom is -0.390 e. The summed E-state index contributed by atoms with van der Waals surface area (Å²) >= 11 is 0. The highest BCUT2D eigenvalue weighted by molar-refractivity contribution is 4.77. The van der Waals surface area contributed by atoms with Gasteiger partial charge in [0.05, 0.1) is 6.10 Å². The lowest BCUT2D eigenvalue weighted by atomic mass is 10.1. The Balaban J connectivity index is 1.89. The second kappa shape index (κ2) is 4.80. The Morgan fingerprint density at radius 1 is 1.58 bits per heavy atom. The van der Waals surface area contributed by atoms with Gasteiger partial charge in [-0.3, -0.25) is 4.90 Å². The number of nitrogens with zero attached hydrogens (tertiary/aromatic N) is 1. The van der Waals surface area contributed by atoms with Gasteiger partial charge in [0, 0.05) is 19.8 Å². The van der Waals surface area contributed by atoms with Crippen LogP contribution in [0, 0.1) is 5.92 Å². The lowest BCUT2D eigenvalue weighted by Crippen LogP contribution is -2.54. The third-order valence-electron chi connectivity index (χ3n) is 2.46. The molecule has 1 rings (SSSR count). The number of rotatable bonds is 5. The lowest BCUT2D eigenvalue weighted by molar-refractivity contribution is -0.00277. The third kappa shape index (κ3) is 3.09. The summed E-state index contributed by atoms with van der Waals surface area (Å²) < 4.78 is 0. The fraction of sp³-hybridized carbons (Fsp3) is 1.00. The van der Waals surface area contributed by atoms with Crippen LogP contribution in [0.25, 0.3) is 0 Å². The van der Waals surface area contributed by atoms with E-state index in [1.54, 1.807) is 0 Å². The normalized spacial score (nSPS) is 22.2. The Morgan fingerprint density at radius 2 is 2.25 bits per heavy atom. The molecule has 0 spiro atoms. The Bertz CT molecular complexity index is 124. The van der Waals surface area contributed by atoms with Crippen molar-refractivity contribution in [3.05, 3.63) is 0 Å². The summed E-state index contributed by atoms with van der Waals surface area (Å²) in [5.41, 5.74) is 0. The van der Waals surface area contributed by atoms with Gasteiger partial charge in [-0.1, -0.05) is 20.3 Å². The predicted molar refractivity (Wildman–Crippen MR) is 49.9 cm³/mol. The Morgan fingerprint density at radius 3 is 2.75 bits per heavy atom. The third-order valence-corrected chi connectivity index (χ3v) is 2.46. The smallest absolute Gasteiger partial charge is 0.0794 e. The summed E-state index contributed by atoms with van der Waals surface area (Å²) in [5.74, 6) is 0.760. The van der Waals surface area contributed by atoms with Crippen LogP contribution < -0.4 is 5.32 Å². The standard InChI is InChI=1S/C9H20N2O/c1-3-8(2)4-10-7-11-5-9(12)6-11/h8-10,12H,3-7H2,1-2H3. The zero-order valence-electron chi connectivity index (χ0n) is 8.08. The van der Waals surface area contributed by atoms with Gasteiger partial charge in [-0.15, -0.1) is 0 Å². The molecule has 0 aliphatic carbocycles. The van der Waals surface area contributed by atoms with Crippen molar-refractivity contribution in [2.75, 3.05) is 26.3 Å². The van der Waals surface area contributed by atoms with E-state index < -0.39 is 0 Å². The highest BCUT2D eigenvalue weighted by Gasteiger charge is 2.23. The van der Waals surface area contributed by atoms with Crippen LogP contribution in [0.1, 0.15) is 20.3 Å². The topological polar surface area (TPSA) is 35.5 Å². The van der Waals surface area contributed by atoms with Crippen LogP contribution in [0.2, 0.25) is 0 Å². The van der Waals surface area contributed by atoms with E-state index in [0.717, 1.165) is 32.2 Å². The van der Waals surface area contributed by atoms with Gasteiger partial charge in [-0.25, -0.2) is 0 Å². The predicted octanol–water partition coefficient (Wildman–Crippen LogP) is 0.256. The summed E-state index contributed by atoms with van der Waals surface area (Å²) in [4.78, 5) is 2.22. The van der Waals surface area contributed by atoms with Crippen molar-refractivity contribution < 1.29 is 5.11 Å². The minimum absolute atomic E-state index is 0.0737. The van der Waals surface area contributed by atoms with E-state index in [2.05, 4.69) is 24.1 Å². The molecule has 1 atom stereocenters. The summed E-state index contributed by atoms with van der Waals surface area (Å²) in [6.45, 7) is 8.16. The van der Waals surface area contributed by atoms with E-state index in [-0.39, 0.29) is 6.10 Å². The zero-order valence-corrected chi connectivity index (χ0v) is 8.08. The molecule has 1 aliphatic heterocycles. The van der Waals surface area contributed by atoms with Gasteiger partial charge < -0.3 is 10.4 Å². The molecule has 1 saturated heterocycles. The van der Waals surface area contributed by atoms with E-state index in [4.69, 9.17) is 5.11 Å². The van der Waals surface area contributed by atoms with Crippen LogP contribution >= 0.6 is 0 Å². The van der Waals surface area contributed by atoms with Gasteiger partial charge in [0.1, 0.15) is 0 Å². The van der Waals surface area contributed by atoms with Gasteiger partial charge >= 0.3 is 0 Å².